The number of hydrogen-bond acceptors (Lipinski definition) is 6. The summed E-state index contributed by atoms with van der Waals surface area (Å²) in [7, 11) is 0. The molecule has 3 aromatic heterocycles. The van der Waals surface area contributed by atoms with Crippen LogP contribution in [0.3, 0.4) is 0 Å². The minimum atomic E-state index is -0.138. The molecule has 4 aromatic rings. The molecule has 0 saturated carbocycles. The zero-order valence-corrected chi connectivity index (χ0v) is 15.3. The summed E-state index contributed by atoms with van der Waals surface area (Å²) in [6.45, 7) is 1.99. The van der Waals surface area contributed by atoms with Crippen molar-refractivity contribution in [3.8, 4) is 0 Å². The van der Waals surface area contributed by atoms with Gasteiger partial charge < -0.3 is 0 Å². The van der Waals surface area contributed by atoms with Gasteiger partial charge in [0.25, 0.3) is 5.91 Å². The topological polar surface area (TPSA) is 54.9 Å². The van der Waals surface area contributed by atoms with E-state index in [2.05, 4.69) is 31.2 Å². The number of carbonyl (C=O) groups excluding carboxylic acids is 1. The third kappa shape index (κ3) is 2.45. The van der Waals surface area contributed by atoms with Crippen molar-refractivity contribution in [1.29, 1.82) is 0 Å². The molecule has 110 valence electrons. The maximum absolute atomic E-state index is 12.2. The number of nitrogens with zero attached hydrogens (tertiary/aromatic N) is 2. The molecule has 8 heteroatoms. The molecule has 0 unspecified atom stereocenters. The van der Waals surface area contributed by atoms with E-state index in [1.54, 1.807) is 17.4 Å². The quantitative estimate of drug-likeness (QED) is 0.489. The molecular formula is C14H8BrN3OS3. The van der Waals surface area contributed by atoms with E-state index in [0.717, 1.165) is 29.2 Å². The molecule has 0 radical (unpaired) electrons. The Morgan fingerprint density at radius 3 is 2.77 bits per heavy atom. The summed E-state index contributed by atoms with van der Waals surface area (Å²) < 4.78 is 3.10. The fourth-order valence-corrected chi connectivity index (χ4v) is 5.27. The van der Waals surface area contributed by atoms with Gasteiger partial charge in [0.15, 0.2) is 5.13 Å². The van der Waals surface area contributed by atoms with Gasteiger partial charge in [-0.1, -0.05) is 11.3 Å². The molecule has 1 aromatic carbocycles. The number of carbonyl (C=O) groups is 1. The molecule has 22 heavy (non-hydrogen) atoms. The third-order valence-electron chi connectivity index (χ3n) is 3.04. The second-order valence-electron chi connectivity index (χ2n) is 4.57. The van der Waals surface area contributed by atoms with Crippen molar-refractivity contribution in [2.24, 2.45) is 0 Å². The zero-order valence-electron chi connectivity index (χ0n) is 11.2. The summed E-state index contributed by atoms with van der Waals surface area (Å²) in [6, 6.07) is 7.66. The fourth-order valence-electron chi connectivity index (χ4n) is 2.14. The number of aromatic nitrogens is 2. The van der Waals surface area contributed by atoms with Gasteiger partial charge >= 0.3 is 0 Å². The van der Waals surface area contributed by atoms with Crippen LogP contribution in [-0.2, 0) is 0 Å². The number of thiophene rings is 1. The summed E-state index contributed by atoms with van der Waals surface area (Å²) in [4.78, 5) is 21.9. The molecule has 0 atom stereocenters. The lowest BCUT2D eigenvalue weighted by atomic mass is 10.3. The third-order valence-corrected chi connectivity index (χ3v) is 6.59. The van der Waals surface area contributed by atoms with E-state index in [1.165, 1.54) is 22.7 Å². The first-order valence-electron chi connectivity index (χ1n) is 6.33. The van der Waals surface area contributed by atoms with Gasteiger partial charge in [-0.15, -0.1) is 22.7 Å². The molecule has 0 fully saturated rings. The Hall–Kier alpha value is -1.35. The second-order valence-corrected chi connectivity index (χ2v) is 9.27. The van der Waals surface area contributed by atoms with Crippen LogP contribution in [0.5, 0.6) is 0 Å². The molecule has 4 rings (SSSR count). The summed E-state index contributed by atoms with van der Waals surface area (Å²) >= 11 is 7.89. The number of halogens is 1. The van der Waals surface area contributed by atoms with Gasteiger partial charge in [0.05, 0.1) is 28.6 Å². The average molecular weight is 410 g/mol. The first-order chi connectivity index (χ1) is 10.6. The van der Waals surface area contributed by atoms with Gasteiger partial charge in [-0.25, -0.2) is 9.97 Å². The lowest BCUT2D eigenvalue weighted by Gasteiger charge is -1.96. The fraction of sp³-hybridized carbons (Fsp3) is 0.0714. The first kappa shape index (κ1) is 14.3. The van der Waals surface area contributed by atoms with E-state index in [1.807, 2.05) is 25.1 Å². The van der Waals surface area contributed by atoms with Crippen molar-refractivity contribution in [2.45, 2.75) is 6.92 Å². The molecule has 1 N–H and O–H groups in total. The number of hydrogen-bond donors (Lipinski definition) is 1. The molecule has 4 nitrogen and oxygen atoms in total. The van der Waals surface area contributed by atoms with E-state index < -0.39 is 0 Å². The minimum absolute atomic E-state index is 0.138. The average Bonchev–Trinajstić information content (AvgIpc) is 3.15. The van der Waals surface area contributed by atoms with Crippen molar-refractivity contribution in [3.05, 3.63) is 37.9 Å². The monoisotopic (exact) mass is 409 g/mol. The predicted octanol–water partition coefficient (Wildman–Crippen LogP) is 5.29. The number of amides is 1. The van der Waals surface area contributed by atoms with Gasteiger partial charge in [0.1, 0.15) is 5.52 Å². The molecule has 1 amide bonds. The SMILES string of the molecule is Cc1nc2c(ccc3nc(NC(=O)c4ccc(Br)s4)sc32)s1. The Bertz CT molecular complexity index is 1020. The smallest absolute Gasteiger partial charge is 0.267 e. The summed E-state index contributed by atoms with van der Waals surface area (Å²) in [5, 5.41) is 4.50. The van der Waals surface area contributed by atoms with Gasteiger partial charge in [-0.2, -0.15) is 0 Å². The minimum Gasteiger partial charge on any atom is -0.297 e. The Kier molecular flexibility index (Phi) is 3.48. The van der Waals surface area contributed by atoms with E-state index in [0.29, 0.717) is 10.0 Å². The Balaban J connectivity index is 1.73. The lowest BCUT2D eigenvalue weighted by Crippen LogP contribution is -2.09. The van der Waals surface area contributed by atoms with Crippen LogP contribution in [0, 0.1) is 6.92 Å². The molecule has 0 saturated heterocycles. The van der Waals surface area contributed by atoms with Crippen LogP contribution in [-0.4, -0.2) is 15.9 Å². The second kappa shape index (κ2) is 5.38. The first-order valence-corrected chi connectivity index (χ1v) is 9.58. The summed E-state index contributed by atoms with van der Waals surface area (Å²) in [5.41, 5.74) is 1.84. The maximum atomic E-state index is 12.2. The number of nitrogens with one attached hydrogen (secondary N) is 1. The number of aryl methyl sites for hydroxylation is 1. The number of fused-ring (bicyclic) bond motifs is 3. The van der Waals surface area contributed by atoms with E-state index in [-0.39, 0.29) is 5.91 Å². The van der Waals surface area contributed by atoms with Crippen molar-refractivity contribution < 1.29 is 4.79 Å². The number of thiazole rings is 2. The van der Waals surface area contributed by atoms with Gasteiger partial charge in [-0.05, 0) is 47.1 Å². The highest BCUT2D eigenvalue weighted by Crippen LogP contribution is 2.35. The summed E-state index contributed by atoms with van der Waals surface area (Å²) in [5.74, 6) is -0.138. The van der Waals surface area contributed by atoms with Gasteiger partial charge in [-0.3, -0.25) is 10.1 Å². The molecular weight excluding hydrogens is 402 g/mol. The zero-order chi connectivity index (χ0) is 15.3. The van der Waals surface area contributed by atoms with Crippen LogP contribution in [0.2, 0.25) is 0 Å². The molecule has 0 aliphatic carbocycles. The molecule has 0 bridgehead atoms. The summed E-state index contributed by atoms with van der Waals surface area (Å²) in [6.07, 6.45) is 0. The maximum Gasteiger partial charge on any atom is 0.267 e. The van der Waals surface area contributed by atoms with Crippen LogP contribution in [0.25, 0.3) is 20.4 Å². The van der Waals surface area contributed by atoms with E-state index >= 15 is 0 Å². The standard InChI is InChI=1S/C14H8BrN3OS3/c1-6-16-11-8(20-6)3-2-7-12(11)22-14(17-7)18-13(19)9-4-5-10(15)21-9/h2-5H,1H3,(H,17,18,19). The van der Waals surface area contributed by atoms with Gasteiger partial charge in [0, 0.05) is 0 Å². The normalized spacial score (nSPS) is 11.4. The van der Waals surface area contributed by atoms with Crippen LogP contribution < -0.4 is 5.32 Å². The number of rotatable bonds is 2. The van der Waals surface area contributed by atoms with Crippen molar-refractivity contribution in [3.63, 3.8) is 0 Å². The Morgan fingerprint density at radius 1 is 1.14 bits per heavy atom. The van der Waals surface area contributed by atoms with Crippen LogP contribution >= 0.6 is 49.9 Å². The predicted molar refractivity (Wildman–Crippen MR) is 97.5 cm³/mol. The highest BCUT2D eigenvalue weighted by molar-refractivity contribution is 9.11. The van der Waals surface area contributed by atoms with Crippen molar-refractivity contribution >= 4 is 81.4 Å². The Labute approximate surface area is 146 Å². The van der Waals surface area contributed by atoms with E-state index in [4.69, 9.17) is 0 Å². The molecule has 0 spiro atoms. The lowest BCUT2D eigenvalue weighted by molar-refractivity contribution is 0.103. The van der Waals surface area contributed by atoms with Crippen LogP contribution in [0.1, 0.15) is 14.7 Å². The molecule has 0 aliphatic rings. The number of benzene rings is 1. The van der Waals surface area contributed by atoms with Crippen LogP contribution in [0.4, 0.5) is 5.13 Å². The van der Waals surface area contributed by atoms with Crippen molar-refractivity contribution in [1.82, 2.24) is 9.97 Å². The van der Waals surface area contributed by atoms with E-state index in [9.17, 15) is 4.79 Å². The number of anilines is 1. The van der Waals surface area contributed by atoms with Gasteiger partial charge in [0.2, 0.25) is 0 Å². The Morgan fingerprint density at radius 2 is 2.00 bits per heavy atom. The van der Waals surface area contributed by atoms with Crippen molar-refractivity contribution in [2.75, 3.05) is 5.32 Å². The highest BCUT2D eigenvalue weighted by atomic mass is 79.9. The largest absolute Gasteiger partial charge is 0.297 e. The highest BCUT2D eigenvalue weighted by Gasteiger charge is 2.14. The van der Waals surface area contributed by atoms with Crippen LogP contribution in [0.15, 0.2) is 28.1 Å². The molecule has 3 heterocycles. The molecule has 0 aliphatic heterocycles.